The zero-order valence-electron chi connectivity index (χ0n) is 26.0. The van der Waals surface area contributed by atoms with Crippen molar-refractivity contribution in [1.82, 2.24) is 15.0 Å². The van der Waals surface area contributed by atoms with E-state index in [4.69, 9.17) is 16.6 Å². The number of benzene rings is 2. The lowest BCUT2D eigenvalue weighted by atomic mass is 10.0. The minimum absolute atomic E-state index is 0.0266. The summed E-state index contributed by atoms with van der Waals surface area (Å²) >= 11 is 0. The normalized spacial score (nSPS) is 15.5. The van der Waals surface area contributed by atoms with Gasteiger partial charge in [-0.15, -0.1) is 5.10 Å². The van der Waals surface area contributed by atoms with Gasteiger partial charge >= 0.3 is 12.4 Å². The SMILES string of the molecule is CC.Cc1cccc2cc(CN(Cc3cc(C(F)(F)F)cc(C(F)(F)F)c3)/C(N)=N/N(C)N)c(N(CC3CC3)CC3CC3)nc12. The van der Waals surface area contributed by atoms with Crippen LogP contribution in [0.5, 0.6) is 0 Å². The van der Waals surface area contributed by atoms with Crippen LogP contribution >= 0.6 is 0 Å². The fourth-order valence-electron chi connectivity index (χ4n) is 5.22. The van der Waals surface area contributed by atoms with Gasteiger partial charge in [0.05, 0.1) is 16.6 Å². The van der Waals surface area contributed by atoms with Crippen LogP contribution in [-0.4, -0.2) is 41.1 Å². The zero-order valence-corrected chi connectivity index (χ0v) is 26.0. The minimum atomic E-state index is -4.97. The number of alkyl halides is 6. The molecule has 7 nitrogen and oxygen atoms in total. The highest BCUT2D eigenvalue weighted by atomic mass is 19.4. The number of aromatic nitrogens is 1. The lowest BCUT2D eigenvalue weighted by Crippen LogP contribution is -2.40. The summed E-state index contributed by atoms with van der Waals surface area (Å²) in [6.07, 6.45) is -5.41. The van der Waals surface area contributed by atoms with Gasteiger partial charge in [-0.3, -0.25) is 0 Å². The van der Waals surface area contributed by atoms with E-state index in [9.17, 15) is 26.3 Å². The van der Waals surface area contributed by atoms with Crippen LogP contribution in [0, 0.1) is 18.8 Å². The molecular formula is C32H41F6N7. The molecule has 2 aliphatic rings. The predicted octanol–water partition coefficient (Wildman–Crippen LogP) is 7.27. The topological polar surface area (TPSA) is 87.0 Å². The van der Waals surface area contributed by atoms with Crippen molar-refractivity contribution in [3.05, 3.63) is 70.3 Å². The molecular weight excluding hydrogens is 596 g/mol. The number of nitrogens with zero attached hydrogens (tertiary/aromatic N) is 5. The van der Waals surface area contributed by atoms with Crippen LogP contribution in [0.3, 0.4) is 0 Å². The van der Waals surface area contributed by atoms with Crippen LogP contribution in [0.2, 0.25) is 0 Å². The fraction of sp³-hybridized carbons (Fsp3) is 0.500. The van der Waals surface area contributed by atoms with E-state index in [-0.39, 0.29) is 30.7 Å². The van der Waals surface area contributed by atoms with Gasteiger partial charge in [0, 0.05) is 44.2 Å². The van der Waals surface area contributed by atoms with E-state index < -0.39 is 23.5 Å². The number of pyridine rings is 1. The number of para-hydroxylation sites is 1. The summed E-state index contributed by atoms with van der Waals surface area (Å²) in [6.45, 7) is 7.27. The van der Waals surface area contributed by atoms with Crippen LogP contribution < -0.4 is 16.5 Å². The van der Waals surface area contributed by atoms with E-state index in [0.29, 0.717) is 24.0 Å². The van der Waals surface area contributed by atoms with Crippen molar-refractivity contribution in [2.45, 2.75) is 71.9 Å². The van der Waals surface area contributed by atoms with Crippen LogP contribution in [0.25, 0.3) is 10.9 Å². The Morgan fingerprint density at radius 3 is 1.93 bits per heavy atom. The molecule has 4 N–H and O–H groups in total. The number of aryl methyl sites for hydroxylation is 1. The molecule has 1 aromatic heterocycles. The number of anilines is 1. The summed E-state index contributed by atoms with van der Waals surface area (Å²) in [4.78, 5) is 8.80. The maximum atomic E-state index is 13.6. The summed E-state index contributed by atoms with van der Waals surface area (Å²) < 4.78 is 81.8. The molecule has 1 heterocycles. The Labute approximate surface area is 259 Å². The second-order valence-corrected chi connectivity index (χ2v) is 11.7. The van der Waals surface area contributed by atoms with Crippen LogP contribution in [-0.2, 0) is 25.4 Å². The van der Waals surface area contributed by atoms with Gasteiger partial charge in [-0.05, 0) is 79.8 Å². The van der Waals surface area contributed by atoms with Gasteiger partial charge in [0.15, 0.2) is 0 Å². The van der Waals surface area contributed by atoms with Gasteiger partial charge in [0.2, 0.25) is 5.96 Å². The maximum Gasteiger partial charge on any atom is 0.416 e. The van der Waals surface area contributed by atoms with Crippen molar-refractivity contribution in [2.75, 3.05) is 25.0 Å². The number of guanidine groups is 1. The van der Waals surface area contributed by atoms with Crippen LogP contribution in [0.15, 0.2) is 47.6 Å². The first kappa shape index (κ1) is 34.1. The molecule has 0 spiro atoms. The third kappa shape index (κ3) is 9.15. The molecule has 2 aromatic carbocycles. The molecule has 0 amide bonds. The summed E-state index contributed by atoms with van der Waals surface area (Å²) in [5.41, 5.74) is 5.83. The van der Waals surface area contributed by atoms with Gasteiger partial charge in [0.1, 0.15) is 5.82 Å². The molecule has 5 rings (SSSR count). The largest absolute Gasteiger partial charge is 0.416 e. The molecule has 0 aliphatic heterocycles. The summed E-state index contributed by atoms with van der Waals surface area (Å²) in [5.74, 6) is 7.38. The minimum Gasteiger partial charge on any atom is -0.368 e. The second kappa shape index (κ2) is 13.7. The van der Waals surface area contributed by atoms with Gasteiger partial charge in [-0.2, -0.15) is 26.3 Å². The lowest BCUT2D eigenvalue weighted by Gasteiger charge is -2.30. The van der Waals surface area contributed by atoms with Crippen molar-refractivity contribution in [1.29, 1.82) is 0 Å². The Kier molecular flexibility index (Phi) is 10.4. The molecule has 13 heteroatoms. The first-order chi connectivity index (χ1) is 21.2. The number of hydrogen-bond acceptors (Lipinski definition) is 5. The van der Waals surface area contributed by atoms with Gasteiger partial charge in [-0.1, -0.05) is 32.0 Å². The van der Waals surface area contributed by atoms with Crippen molar-refractivity contribution < 1.29 is 26.3 Å². The summed E-state index contributed by atoms with van der Waals surface area (Å²) in [7, 11) is 1.41. The molecule has 2 aliphatic carbocycles. The Balaban J connectivity index is 0.00000226. The van der Waals surface area contributed by atoms with Crippen LogP contribution in [0.4, 0.5) is 32.2 Å². The fourth-order valence-corrected chi connectivity index (χ4v) is 5.22. The van der Waals surface area contributed by atoms with E-state index in [2.05, 4.69) is 10.0 Å². The van der Waals surface area contributed by atoms with Gasteiger partial charge in [-0.25, -0.2) is 15.9 Å². The third-order valence-corrected chi connectivity index (χ3v) is 7.72. The van der Waals surface area contributed by atoms with Crippen LogP contribution in [0.1, 0.15) is 67.3 Å². The molecule has 0 bridgehead atoms. The number of rotatable bonds is 10. The van der Waals surface area contributed by atoms with Crippen molar-refractivity contribution in [2.24, 2.45) is 28.5 Å². The first-order valence-corrected chi connectivity index (χ1v) is 15.2. The smallest absolute Gasteiger partial charge is 0.368 e. The molecule has 246 valence electrons. The monoisotopic (exact) mass is 637 g/mol. The molecule has 0 radical (unpaired) electrons. The second-order valence-electron chi connectivity index (χ2n) is 11.7. The number of halogens is 6. The number of hydrazine groups is 1. The van der Waals surface area contributed by atoms with E-state index in [1.165, 1.54) is 11.9 Å². The zero-order chi connectivity index (χ0) is 33.1. The number of hydrogen-bond donors (Lipinski definition) is 2. The summed E-state index contributed by atoms with van der Waals surface area (Å²) in [6, 6.07) is 9.30. The highest BCUT2D eigenvalue weighted by Gasteiger charge is 2.37. The third-order valence-electron chi connectivity index (χ3n) is 7.72. The van der Waals surface area contributed by atoms with Gasteiger partial charge < -0.3 is 15.5 Å². The van der Waals surface area contributed by atoms with Crippen molar-refractivity contribution >= 4 is 22.7 Å². The van der Waals surface area contributed by atoms with E-state index >= 15 is 0 Å². The average molecular weight is 638 g/mol. The first-order valence-electron chi connectivity index (χ1n) is 15.2. The predicted molar refractivity (Wildman–Crippen MR) is 165 cm³/mol. The molecule has 0 unspecified atom stereocenters. The Hall–Kier alpha value is -3.74. The Morgan fingerprint density at radius 2 is 1.44 bits per heavy atom. The molecule has 3 aromatic rings. The van der Waals surface area contributed by atoms with E-state index in [0.717, 1.165) is 71.7 Å². The molecule has 45 heavy (non-hydrogen) atoms. The highest BCUT2D eigenvalue weighted by molar-refractivity contribution is 5.85. The number of nitrogens with two attached hydrogens (primary N) is 2. The summed E-state index contributed by atoms with van der Waals surface area (Å²) in [5, 5.41) is 5.83. The molecule has 0 saturated heterocycles. The van der Waals surface area contributed by atoms with Crippen molar-refractivity contribution in [3.63, 3.8) is 0 Å². The van der Waals surface area contributed by atoms with E-state index in [1.807, 2.05) is 45.0 Å². The number of fused-ring (bicyclic) bond motifs is 1. The lowest BCUT2D eigenvalue weighted by molar-refractivity contribution is -0.143. The standard InChI is InChI=1S/C30H35F6N7.C2H6/c1-18-4-3-5-22-12-23(27(39-26(18)22)42(14-19-6-7-19)15-20-8-9-20)17-43(28(37)40-41(2)38)16-21-10-24(29(31,32)33)13-25(11-21)30(34,35)36;1-2/h3-5,10-13,19-20H,6-9,14-17,38H2,1-2H3,(H2,37,40);1-2H3. The number of hydrazone groups is 1. The average Bonchev–Trinajstić information content (AvgIpc) is 3.89. The van der Waals surface area contributed by atoms with Crippen molar-refractivity contribution in [3.8, 4) is 0 Å². The van der Waals surface area contributed by atoms with E-state index in [1.54, 1.807) is 0 Å². The molecule has 2 saturated carbocycles. The highest BCUT2D eigenvalue weighted by Crippen LogP contribution is 2.39. The van der Waals surface area contributed by atoms with Gasteiger partial charge in [0.25, 0.3) is 0 Å². The Bertz CT molecular complexity index is 1450. The molecule has 0 atom stereocenters. The maximum absolute atomic E-state index is 13.6. The quantitative estimate of drug-likeness (QED) is 0.0800. The molecule has 2 fully saturated rings. The Morgan fingerprint density at radius 1 is 0.889 bits per heavy atom.